The van der Waals surface area contributed by atoms with Gasteiger partial charge in [-0.2, -0.15) is 0 Å². The standard InChI is InChI=1S/C15H19ClN2O5S/c16-13-3-1-2-12(8-13)9-17-14(19)11-23-15(20)10-18-4-6-24(21,22)7-5-18/h1-3,8H,4-7,9-11H2,(H,17,19). The summed E-state index contributed by atoms with van der Waals surface area (Å²) in [6.07, 6.45) is 0. The van der Waals surface area contributed by atoms with E-state index in [1.54, 1.807) is 23.1 Å². The van der Waals surface area contributed by atoms with Gasteiger partial charge in [0, 0.05) is 24.7 Å². The molecule has 0 aromatic heterocycles. The smallest absolute Gasteiger partial charge is 0.320 e. The summed E-state index contributed by atoms with van der Waals surface area (Å²) in [5.41, 5.74) is 0.844. The predicted molar refractivity (Wildman–Crippen MR) is 89.4 cm³/mol. The number of halogens is 1. The van der Waals surface area contributed by atoms with Gasteiger partial charge in [-0.15, -0.1) is 0 Å². The summed E-state index contributed by atoms with van der Waals surface area (Å²) >= 11 is 5.85. The molecule has 24 heavy (non-hydrogen) atoms. The number of nitrogens with zero attached hydrogens (tertiary/aromatic N) is 1. The molecule has 0 saturated carbocycles. The maximum absolute atomic E-state index is 11.7. The van der Waals surface area contributed by atoms with Crippen LogP contribution < -0.4 is 5.32 Å². The Hall–Kier alpha value is -1.64. The fourth-order valence-corrected chi connectivity index (χ4v) is 3.67. The van der Waals surface area contributed by atoms with Crippen LogP contribution in [0.25, 0.3) is 0 Å². The Morgan fingerprint density at radius 3 is 2.62 bits per heavy atom. The number of esters is 1. The summed E-state index contributed by atoms with van der Waals surface area (Å²) in [4.78, 5) is 25.1. The summed E-state index contributed by atoms with van der Waals surface area (Å²) in [6, 6.07) is 7.07. The molecule has 1 aliphatic rings. The molecule has 1 aromatic carbocycles. The van der Waals surface area contributed by atoms with Gasteiger partial charge in [-0.05, 0) is 17.7 Å². The van der Waals surface area contributed by atoms with Gasteiger partial charge in [-0.3, -0.25) is 14.5 Å². The fourth-order valence-electron chi connectivity index (χ4n) is 2.18. The Labute approximate surface area is 145 Å². The van der Waals surface area contributed by atoms with Crippen molar-refractivity contribution in [3.05, 3.63) is 34.9 Å². The molecule has 132 valence electrons. The second-order valence-electron chi connectivity index (χ2n) is 5.50. The van der Waals surface area contributed by atoms with Crippen molar-refractivity contribution in [2.24, 2.45) is 0 Å². The Kier molecular flexibility index (Phi) is 6.59. The second-order valence-corrected chi connectivity index (χ2v) is 8.24. The number of hydrogen-bond acceptors (Lipinski definition) is 6. The van der Waals surface area contributed by atoms with Crippen molar-refractivity contribution in [3.63, 3.8) is 0 Å². The Balaban J connectivity index is 1.65. The molecule has 1 N–H and O–H groups in total. The lowest BCUT2D eigenvalue weighted by atomic mass is 10.2. The van der Waals surface area contributed by atoms with Crippen LogP contribution in [0.3, 0.4) is 0 Å². The lowest BCUT2D eigenvalue weighted by molar-refractivity contribution is -0.149. The molecular formula is C15H19ClN2O5S. The zero-order valence-corrected chi connectivity index (χ0v) is 14.6. The lowest BCUT2D eigenvalue weighted by Crippen LogP contribution is -2.43. The van der Waals surface area contributed by atoms with Gasteiger partial charge in [-0.1, -0.05) is 23.7 Å². The van der Waals surface area contributed by atoms with E-state index in [0.29, 0.717) is 24.7 Å². The molecule has 7 nitrogen and oxygen atoms in total. The lowest BCUT2D eigenvalue weighted by Gasteiger charge is -2.25. The molecule has 9 heteroatoms. The monoisotopic (exact) mass is 374 g/mol. The van der Waals surface area contributed by atoms with E-state index in [1.807, 2.05) is 6.07 Å². The molecule has 1 aliphatic heterocycles. The minimum Gasteiger partial charge on any atom is -0.455 e. The van der Waals surface area contributed by atoms with Gasteiger partial charge >= 0.3 is 5.97 Å². The van der Waals surface area contributed by atoms with E-state index in [2.05, 4.69) is 5.32 Å². The number of nitrogens with one attached hydrogen (secondary N) is 1. The Bertz CT molecular complexity index is 694. The zero-order valence-electron chi connectivity index (χ0n) is 13.0. The average molecular weight is 375 g/mol. The van der Waals surface area contributed by atoms with Gasteiger partial charge in [-0.25, -0.2) is 8.42 Å². The number of sulfone groups is 1. The number of carbonyl (C=O) groups is 2. The molecule has 2 rings (SSSR count). The van der Waals surface area contributed by atoms with Gasteiger partial charge in [0.25, 0.3) is 5.91 Å². The summed E-state index contributed by atoms with van der Waals surface area (Å²) in [6.45, 7) is 0.514. The highest BCUT2D eigenvalue weighted by atomic mass is 35.5. The van der Waals surface area contributed by atoms with Crippen LogP contribution >= 0.6 is 11.6 Å². The summed E-state index contributed by atoms with van der Waals surface area (Å²) in [5, 5.41) is 3.21. The first-order valence-electron chi connectivity index (χ1n) is 7.43. The minimum absolute atomic E-state index is 0.0168. The summed E-state index contributed by atoms with van der Waals surface area (Å²) < 4.78 is 27.5. The highest BCUT2D eigenvalue weighted by Gasteiger charge is 2.23. The van der Waals surface area contributed by atoms with Gasteiger partial charge < -0.3 is 10.1 Å². The van der Waals surface area contributed by atoms with E-state index in [9.17, 15) is 18.0 Å². The van der Waals surface area contributed by atoms with E-state index >= 15 is 0 Å². The molecule has 0 radical (unpaired) electrons. The quantitative estimate of drug-likeness (QED) is 0.716. The average Bonchev–Trinajstić information content (AvgIpc) is 2.53. The van der Waals surface area contributed by atoms with Crippen LogP contribution in [0.1, 0.15) is 5.56 Å². The number of ether oxygens (including phenoxy) is 1. The third-order valence-corrected chi connectivity index (χ3v) is 5.38. The molecule has 1 saturated heterocycles. The maximum atomic E-state index is 11.7. The van der Waals surface area contributed by atoms with E-state index < -0.39 is 21.7 Å². The van der Waals surface area contributed by atoms with Crippen molar-refractivity contribution >= 4 is 33.3 Å². The number of carbonyl (C=O) groups excluding carboxylic acids is 2. The first-order valence-corrected chi connectivity index (χ1v) is 9.63. The second kappa shape index (κ2) is 8.46. The first kappa shape index (κ1) is 18.7. The van der Waals surface area contributed by atoms with E-state index in [-0.39, 0.29) is 24.7 Å². The van der Waals surface area contributed by atoms with E-state index in [1.165, 1.54) is 0 Å². The maximum Gasteiger partial charge on any atom is 0.320 e. The van der Waals surface area contributed by atoms with E-state index in [0.717, 1.165) is 5.56 Å². The third-order valence-electron chi connectivity index (χ3n) is 3.53. The number of benzene rings is 1. The van der Waals surface area contributed by atoms with Crippen molar-refractivity contribution in [1.82, 2.24) is 10.2 Å². The van der Waals surface area contributed by atoms with E-state index in [4.69, 9.17) is 16.3 Å². The van der Waals surface area contributed by atoms with Crippen LogP contribution in [0.4, 0.5) is 0 Å². The Morgan fingerprint density at radius 2 is 1.96 bits per heavy atom. The molecule has 0 bridgehead atoms. The van der Waals surface area contributed by atoms with Crippen LogP contribution in [0.2, 0.25) is 5.02 Å². The third kappa shape index (κ3) is 6.46. The number of hydrogen-bond donors (Lipinski definition) is 1. The summed E-state index contributed by atoms with van der Waals surface area (Å²) in [5.74, 6) is -0.877. The zero-order chi connectivity index (χ0) is 17.6. The summed E-state index contributed by atoms with van der Waals surface area (Å²) in [7, 11) is -2.98. The fraction of sp³-hybridized carbons (Fsp3) is 0.467. The number of rotatable bonds is 6. The highest BCUT2D eigenvalue weighted by molar-refractivity contribution is 7.91. The minimum atomic E-state index is -2.98. The van der Waals surface area contributed by atoms with Gasteiger partial charge in [0.05, 0.1) is 18.1 Å². The van der Waals surface area contributed by atoms with Crippen molar-refractivity contribution in [1.29, 1.82) is 0 Å². The highest BCUT2D eigenvalue weighted by Crippen LogP contribution is 2.10. The first-order chi connectivity index (χ1) is 11.3. The molecule has 0 unspecified atom stereocenters. The molecule has 0 spiro atoms. The SMILES string of the molecule is O=C(COC(=O)CN1CCS(=O)(=O)CC1)NCc1cccc(Cl)c1. The van der Waals surface area contributed by atoms with Crippen LogP contribution in [-0.2, 0) is 30.7 Å². The van der Waals surface area contributed by atoms with Gasteiger partial charge in [0.15, 0.2) is 16.4 Å². The topological polar surface area (TPSA) is 92.8 Å². The molecule has 1 amide bonds. The van der Waals surface area contributed by atoms with Crippen molar-refractivity contribution < 1.29 is 22.7 Å². The molecule has 0 aliphatic carbocycles. The van der Waals surface area contributed by atoms with Crippen molar-refractivity contribution in [3.8, 4) is 0 Å². The van der Waals surface area contributed by atoms with Gasteiger partial charge in [0.2, 0.25) is 0 Å². The molecule has 1 fully saturated rings. The van der Waals surface area contributed by atoms with Crippen molar-refractivity contribution in [2.45, 2.75) is 6.54 Å². The van der Waals surface area contributed by atoms with Crippen LogP contribution in [-0.4, -0.2) is 62.9 Å². The predicted octanol–water partition coefficient (Wildman–Crippen LogP) is 0.230. The van der Waals surface area contributed by atoms with Gasteiger partial charge in [0.1, 0.15) is 0 Å². The van der Waals surface area contributed by atoms with Crippen LogP contribution in [0.15, 0.2) is 24.3 Å². The van der Waals surface area contributed by atoms with Crippen LogP contribution in [0.5, 0.6) is 0 Å². The largest absolute Gasteiger partial charge is 0.455 e. The molecular weight excluding hydrogens is 356 g/mol. The van der Waals surface area contributed by atoms with Crippen molar-refractivity contribution in [2.75, 3.05) is 37.7 Å². The molecule has 1 heterocycles. The normalized spacial score (nSPS) is 17.2. The Morgan fingerprint density at radius 1 is 1.25 bits per heavy atom. The van der Waals surface area contributed by atoms with Crippen LogP contribution in [0, 0.1) is 0 Å². The number of amides is 1. The molecule has 1 aromatic rings. The molecule has 0 atom stereocenters.